The number of pyridine rings is 1. The van der Waals surface area contributed by atoms with Gasteiger partial charge in [0.15, 0.2) is 0 Å². The van der Waals surface area contributed by atoms with Gasteiger partial charge in [0.05, 0.1) is 24.3 Å². The molecule has 5 nitrogen and oxygen atoms in total. The molecular formula is C20H25N3O2S2. The summed E-state index contributed by atoms with van der Waals surface area (Å²) in [4.78, 5) is 24.7. The fraction of sp³-hybridized carbons (Fsp3) is 0.500. The molecule has 2 atom stereocenters. The van der Waals surface area contributed by atoms with Gasteiger partial charge in [0.25, 0.3) is 0 Å². The van der Waals surface area contributed by atoms with E-state index in [1.54, 1.807) is 11.8 Å². The molecule has 0 saturated carbocycles. The number of ether oxygens (including phenoxy) is 1. The van der Waals surface area contributed by atoms with Gasteiger partial charge in [-0.25, -0.2) is 4.98 Å². The summed E-state index contributed by atoms with van der Waals surface area (Å²) in [7, 11) is 0. The third kappa shape index (κ3) is 4.71. The third-order valence-electron chi connectivity index (χ3n) is 5.05. The fourth-order valence-electron chi connectivity index (χ4n) is 3.73. The van der Waals surface area contributed by atoms with Crippen LogP contribution in [0.4, 0.5) is 0 Å². The lowest BCUT2D eigenvalue weighted by Crippen LogP contribution is -2.49. The lowest BCUT2D eigenvalue weighted by atomic mass is 10.1. The first-order valence-corrected chi connectivity index (χ1v) is 11.1. The Balaban J connectivity index is 1.48. The molecule has 0 radical (unpaired) electrons. The van der Waals surface area contributed by atoms with E-state index >= 15 is 0 Å². The van der Waals surface area contributed by atoms with Crippen molar-refractivity contribution in [3.63, 3.8) is 0 Å². The molecule has 0 spiro atoms. The number of amides is 1. The Labute approximate surface area is 168 Å². The highest BCUT2D eigenvalue weighted by molar-refractivity contribution is 7.99. The number of nitrogens with zero attached hydrogens (tertiary/aromatic N) is 3. The molecule has 27 heavy (non-hydrogen) atoms. The number of aryl methyl sites for hydroxylation is 1. The van der Waals surface area contributed by atoms with Crippen molar-refractivity contribution in [3.8, 4) is 0 Å². The summed E-state index contributed by atoms with van der Waals surface area (Å²) in [6.45, 7) is 6.60. The summed E-state index contributed by atoms with van der Waals surface area (Å²) in [6.07, 6.45) is 2.71. The van der Waals surface area contributed by atoms with Crippen molar-refractivity contribution in [2.24, 2.45) is 0 Å². The number of thiophene rings is 1. The second-order valence-electron chi connectivity index (χ2n) is 7.04. The van der Waals surface area contributed by atoms with Gasteiger partial charge in [0.1, 0.15) is 0 Å². The van der Waals surface area contributed by atoms with Crippen LogP contribution >= 0.6 is 23.1 Å². The van der Waals surface area contributed by atoms with Gasteiger partial charge >= 0.3 is 0 Å². The maximum Gasteiger partial charge on any atom is 0.240 e. The summed E-state index contributed by atoms with van der Waals surface area (Å²) >= 11 is 3.62. The number of carbonyl (C=O) groups is 1. The van der Waals surface area contributed by atoms with Gasteiger partial charge in [-0.1, -0.05) is 6.07 Å². The first-order chi connectivity index (χ1) is 13.2. The summed E-state index contributed by atoms with van der Waals surface area (Å²) in [5, 5.41) is 1.42. The minimum Gasteiger partial charge on any atom is -0.378 e. The van der Waals surface area contributed by atoms with Gasteiger partial charge in [-0.2, -0.15) is 0 Å². The molecule has 0 N–H and O–H groups in total. The van der Waals surface area contributed by atoms with E-state index in [1.165, 1.54) is 9.75 Å². The van der Waals surface area contributed by atoms with Gasteiger partial charge in [-0.05, 0) is 37.6 Å². The monoisotopic (exact) mass is 403 g/mol. The van der Waals surface area contributed by atoms with E-state index in [4.69, 9.17) is 4.74 Å². The van der Waals surface area contributed by atoms with Crippen LogP contribution in [-0.4, -0.2) is 64.8 Å². The smallest absolute Gasteiger partial charge is 0.240 e. The molecule has 2 aromatic heterocycles. The van der Waals surface area contributed by atoms with Crippen LogP contribution in [0.5, 0.6) is 0 Å². The number of carbonyl (C=O) groups excluding carboxylic acids is 1. The highest BCUT2D eigenvalue weighted by Gasteiger charge is 2.39. The molecule has 4 heterocycles. The highest BCUT2D eigenvalue weighted by atomic mass is 32.2. The van der Waals surface area contributed by atoms with Crippen molar-refractivity contribution in [2.45, 2.75) is 36.2 Å². The predicted octanol–water partition coefficient (Wildman–Crippen LogP) is 3.05. The second kappa shape index (κ2) is 8.73. The summed E-state index contributed by atoms with van der Waals surface area (Å²) < 4.78 is 5.42. The van der Waals surface area contributed by atoms with Crippen LogP contribution < -0.4 is 0 Å². The first kappa shape index (κ1) is 18.9. The van der Waals surface area contributed by atoms with Gasteiger partial charge in [-0.3, -0.25) is 9.69 Å². The predicted molar refractivity (Wildman–Crippen MR) is 109 cm³/mol. The number of thioether (sulfide) groups is 1. The minimum atomic E-state index is -0.0493. The second-order valence-corrected chi connectivity index (χ2v) is 9.73. The number of rotatable bonds is 5. The molecule has 0 bridgehead atoms. The largest absolute Gasteiger partial charge is 0.378 e. The van der Waals surface area contributed by atoms with E-state index < -0.39 is 0 Å². The van der Waals surface area contributed by atoms with Crippen LogP contribution in [0.1, 0.15) is 16.2 Å². The van der Waals surface area contributed by atoms with E-state index in [-0.39, 0.29) is 11.9 Å². The van der Waals surface area contributed by atoms with E-state index in [1.807, 2.05) is 34.6 Å². The molecule has 2 saturated heterocycles. The normalized spacial score (nSPS) is 23.7. The average Bonchev–Trinajstić information content (AvgIpc) is 3.29. The minimum absolute atomic E-state index is 0.0493. The standard InChI is InChI=1S/C20H25N3O2S2/c1-15-5-6-16(26-15)13-23-14-17(27-19-4-2-3-7-21-19)12-18(23)20(24)22-8-10-25-11-9-22/h2-7,17-18H,8-14H2,1H3/t17-,18+/m1/s1. The molecule has 2 aliphatic heterocycles. The van der Waals surface area contributed by atoms with Gasteiger partial charge in [0, 0.05) is 47.4 Å². The van der Waals surface area contributed by atoms with Crippen LogP contribution in [0.3, 0.4) is 0 Å². The lowest BCUT2D eigenvalue weighted by molar-refractivity contribution is -0.140. The van der Waals surface area contributed by atoms with Crippen LogP contribution in [-0.2, 0) is 16.1 Å². The van der Waals surface area contributed by atoms with Crippen molar-refractivity contribution in [1.29, 1.82) is 0 Å². The van der Waals surface area contributed by atoms with Crippen molar-refractivity contribution in [2.75, 3.05) is 32.8 Å². The molecule has 7 heteroatoms. The molecule has 0 aromatic carbocycles. The number of hydrogen-bond acceptors (Lipinski definition) is 6. The van der Waals surface area contributed by atoms with Crippen LogP contribution in [0.2, 0.25) is 0 Å². The average molecular weight is 404 g/mol. The van der Waals surface area contributed by atoms with Gasteiger partial charge < -0.3 is 9.64 Å². The Bertz CT molecular complexity index is 762. The van der Waals surface area contributed by atoms with Crippen LogP contribution in [0.15, 0.2) is 41.6 Å². The molecule has 0 unspecified atom stereocenters. The van der Waals surface area contributed by atoms with E-state index in [9.17, 15) is 4.79 Å². The molecule has 144 valence electrons. The molecular weight excluding hydrogens is 378 g/mol. The third-order valence-corrected chi connectivity index (χ3v) is 7.20. The topological polar surface area (TPSA) is 45.7 Å². The molecule has 2 aromatic rings. The van der Waals surface area contributed by atoms with Crippen LogP contribution in [0.25, 0.3) is 0 Å². The van der Waals surface area contributed by atoms with Gasteiger partial charge in [0.2, 0.25) is 5.91 Å². The van der Waals surface area contributed by atoms with Crippen LogP contribution in [0, 0.1) is 6.92 Å². The molecule has 2 aliphatic rings. The molecule has 2 fully saturated rings. The Morgan fingerprint density at radius 3 is 2.85 bits per heavy atom. The summed E-state index contributed by atoms with van der Waals surface area (Å²) in [5.41, 5.74) is 0. The zero-order valence-electron chi connectivity index (χ0n) is 15.5. The maximum atomic E-state index is 13.2. The maximum absolute atomic E-state index is 13.2. The van der Waals surface area contributed by atoms with Crippen molar-refractivity contribution >= 4 is 29.0 Å². The summed E-state index contributed by atoms with van der Waals surface area (Å²) in [6, 6.07) is 10.3. The summed E-state index contributed by atoms with van der Waals surface area (Å²) in [5.74, 6) is 0.260. The fourth-order valence-corrected chi connectivity index (χ4v) is 5.81. The zero-order valence-corrected chi connectivity index (χ0v) is 17.2. The van der Waals surface area contributed by atoms with E-state index in [0.29, 0.717) is 31.6 Å². The van der Waals surface area contributed by atoms with Gasteiger partial charge in [-0.15, -0.1) is 23.1 Å². The van der Waals surface area contributed by atoms with E-state index in [0.717, 1.165) is 24.5 Å². The number of hydrogen-bond donors (Lipinski definition) is 0. The number of aromatic nitrogens is 1. The Kier molecular flexibility index (Phi) is 6.12. The van der Waals surface area contributed by atoms with E-state index in [2.05, 4.69) is 35.0 Å². The molecule has 0 aliphatic carbocycles. The van der Waals surface area contributed by atoms with Crippen molar-refractivity contribution < 1.29 is 9.53 Å². The van der Waals surface area contributed by atoms with Crippen molar-refractivity contribution in [3.05, 3.63) is 46.3 Å². The Morgan fingerprint density at radius 2 is 2.15 bits per heavy atom. The lowest BCUT2D eigenvalue weighted by Gasteiger charge is -2.32. The molecule has 4 rings (SSSR count). The quantitative estimate of drug-likeness (QED) is 0.768. The SMILES string of the molecule is Cc1ccc(CN2C[C@H](Sc3ccccn3)C[C@H]2C(=O)N2CCOCC2)s1. The Morgan fingerprint density at radius 1 is 1.30 bits per heavy atom. The van der Waals surface area contributed by atoms with Crippen molar-refractivity contribution in [1.82, 2.24) is 14.8 Å². The zero-order chi connectivity index (χ0) is 18.6. The highest BCUT2D eigenvalue weighted by Crippen LogP contribution is 2.34. The molecule has 1 amide bonds. The number of morpholine rings is 1. The number of likely N-dealkylation sites (tertiary alicyclic amines) is 1. The first-order valence-electron chi connectivity index (χ1n) is 9.42. The Hall–Kier alpha value is -1.41.